The third kappa shape index (κ3) is 4.06. The number of amides is 1. The summed E-state index contributed by atoms with van der Waals surface area (Å²) in [6.45, 7) is 5.63. The molecule has 1 fully saturated rings. The van der Waals surface area contributed by atoms with E-state index in [0.29, 0.717) is 12.2 Å². The van der Waals surface area contributed by atoms with Gasteiger partial charge in [-0.25, -0.2) is 0 Å². The number of carbonyl (C=O) groups excluding carboxylic acids is 1. The summed E-state index contributed by atoms with van der Waals surface area (Å²) in [7, 11) is 0. The van der Waals surface area contributed by atoms with Crippen molar-refractivity contribution in [3.8, 4) is 0 Å². The fourth-order valence-corrected chi connectivity index (χ4v) is 2.20. The van der Waals surface area contributed by atoms with Gasteiger partial charge < -0.3 is 10.6 Å². The average molecular weight is 306 g/mol. The van der Waals surface area contributed by atoms with Crippen LogP contribution in [0, 0.1) is 5.41 Å². The maximum atomic E-state index is 12.2. The topological polar surface area (TPSA) is 59.2 Å². The van der Waals surface area contributed by atoms with Gasteiger partial charge in [0.1, 0.15) is 5.69 Å². The second kappa shape index (κ2) is 7.08. The third-order valence-corrected chi connectivity index (χ3v) is 3.48. The smallest absolute Gasteiger partial charge is 0.272 e. The molecular weight excluding hydrogens is 285 g/mol. The van der Waals surface area contributed by atoms with Crippen LogP contribution in [-0.4, -0.2) is 34.9 Å². The number of hydrogen-bond donors (Lipinski definition) is 1. The van der Waals surface area contributed by atoms with Gasteiger partial charge in [-0.1, -0.05) is 19.9 Å². The van der Waals surface area contributed by atoms with E-state index in [4.69, 9.17) is 5.73 Å². The highest BCUT2D eigenvalue weighted by Crippen LogP contribution is 2.28. The lowest BCUT2D eigenvalue weighted by atomic mass is 9.79. The number of nitrogens with two attached hydrogens (primary N) is 1. The van der Waals surface area contributed by atoms with E-state index in [1.807, 2.05) is 17.0 Å². The first-order valence-corrected chi connectivity index (χ1v) is 5.96. The van der Waals surface area contributed by atoms with Crippen molar-refractivity contribution in [1.82, 2.24) is 9.88 Å². The van der Waals surface area contributed by atoms with Crippen LogP contribution in [0.3, 0.4) is 0 Å². The molecule has 2 heterocycles. The number of aromatic nitrogens is 1. The van der Waals surface area contributed by atoms with Gasteiger partial charge in [-0.2, -0.15) is 0 Å². The number of piperidine rings is 1. The van der Waals surface area contributed by atoms with Gasteiger partial charge in [0, 0.05) is 25.3 Å². The Bertz CT molecular complexity index is 412. The number of hydrogen-bond acceptors (Lipinski definition) is 3. The van der Waals surface area contributed by atoms with Crippen molar-refractivity contribution in [2.24, 2.45) is 11.1 Å². The molecule has 0 saturated carbocycles. The Hall–Kier alpha value is -0.840. The van der Waals surface area contributed by atoms with E-state index in [-0.39, 0.29) is 42.2 Å². The van der Waals surface area contributed by atoms with Crippen molar-refractivity contribution in [1.29, 1.82) is 0 Å². The Balaban J connectivity index is 0.00000162. The van der Waals surface area contributed by atoms with E-state index in [0.717, 1.165) is 13.0 Å². The number of pyridine rings is 1. The van der Waals surface area contributed by atoms with Crippen LogP contribution in [0.15, 0.2) is 24.4 Å². The zero-order valence-corrected chi connectivity index (χ0v) is 12.8. The van der Waals surface area contributed by atoms with Crippen molar-refractivity contribution in [2.75, 3.05) is 13.1 Å². The molecule has 1 unspecified atom stereocenters. The molecule has 6 heteroatoms. The lowest BCUT2D eigenvalue weighted by Crippen LogP contribution is -2.54. The van der Waals surface area contributed by atoms with Gasteiger partial charge in [-0.05, 0) is 24.0 Å². The minimum absolute atomic E-state index is 0. The van der Waals surface area contributed by atoms with Crippen LogP contribution in [0.5, 0.6) is 0 Å². The summed E-state index contributed by atoms with van der Waals surface area (Å²) in [6.07, 6.45) is 2.50. The van der Waals surface area contributed by atoms with Crippen LogP contribution < -0.4 is 5.73 Å². The SMILES string of the molecule is CC1(C)CN(C(=O)c2ccccn2)CCC1N.Cl.Cl. The second-order valence-corrected chi connectivity index (χ2v) is 5.33. The molecule has 2 rings (SSSR count). The Labute approximate surface area is 126 Å². The van der Waals surface area contributed by atoms with Crippen molar-refractivity contribution < 1.29 is 4.79 Å². The summed E-state index contributed by atoms with van der Waals surface area (Å²) in [4.78, 5) is 18.2. The zero-order chi connectivity index (χ0) is 12.5. The maximum Gasteiger partial charge on any atom is 0.272 e. The molecule has 1 atom stereocenters. The highest BCUT2D eigenvalue weighted by Gasteiger charge is 2.35. The molecule has 2 N–H and O–H groups in total. The number of likely N-dealkylation sites (tertiary alicyclic amines) is 1. The first-order valence-electron chi connectivity index (χ1n) is 5.96. The van der Waals surface area contributed by atoms with Gasteiger partial charge in [0.25, 0.3) is 5.91 Å². The fourth-order valence-electron chi connectivity index (χ4n) is 2.20. The lowest BCUT2D eigenvalue weighted by Gasteiger charge is -2.42. The van der Waals surface area contributed by atoms with Gasteiger partial charge in [0.2, 0.25) is 0 Å². The average Bonchev–Trinajstić information content (AvgIpc) is 2.33. The molecule has 1 aliphatic heterocycles. The number of nitrogens with zero attached hydrogens (tertiary/aromatic N) is 2. The van der Waals surface area contributed by atoms with E-state index in [2.05, 4.69) is 18.8 Å². The summed E-state index contributed by atoms with van der Waals surface area (Å²) in [5, 5.41) is 0. The van der Waals surface area contributed by atoms with E-state index in [9.17, 15) is 4.79 Å². The normalized spacial score (nSPS) is 21.0. The molecule has 1 aromatic heterocycles. The van der Waals surface area contributed by atoms with Gasteiger partial charge in [-0.15, -0.1) is 24.8 Å². The number of rotatable bonds is 1. The van der Waals surface area contributed by atoms with E-state index in [1.165, 1.54) is 0 Å². The minimum Gasteiger partial charge on any atom is -0.337 e. The lowest BCUT2D eigenvalue weighted by molar-refractivity contribution is 0.0527. The third-order valence-electron chi connectivity index (χ3n) is 3.48. The predicted molar refractivity (Wildman–Crippen MR) is 81.0 cm³/mol. The Morgan fingerprint density at radius 2 is 2.11 bits per heavy atom. The van der Waals surface area contributed by atoms with Crippen molar-refractivity contribution in [3.63, 3.8) is 0 Å². The quantitative estimate of drug-likeness (QED) is 0.864. The van der Waals surface area contributed by atoms with Crippen molar-refractivity contribution >= 4 is 30.7 Å². The molecule has 1 saturated heterocycles. The summed E-state index contributed by atoms with van der Waals surface area (Å²) < 4.78 is 0. The van der Waals surface area contributed by atoms with Gasteiger partial charge >= 0.3 is 0 Å². The molecule has 1 aliphatic rings. The van der Waals surface area contributed by atoms with Crippen molar-refractivity contribution in [3.05, 3.63) is 30.1 Å². The summed E-state index contributed by atoms with van der Waals surface area (Å²) in [5.41, 5.74) is 6.55. The van der Waals surface area contributed by atoms with Crippen LogP contribution in [-0.2, 0) is 0 Å². The molecule has 108 valence electrons. The molecule has 1 amide bonds. The molecule has 0 aromatic carbocycles. The van der Waals surface area contributed by atoms with Gasteiger partial charge in [0.05, 0.1) is 0 Å². The first-order chi connectivity index (χ1) is 8.00. The molecule has 1 aromatic rings. The maximum absolute atomic E-state index is 12.2. The van der Waals surface area contributed by atoms with E-state index >= 15 is 0 Å². The number of halogens is 2. The van der Waals surface area contributed by atoms with Crippen LogP contribution in [0.1, 0.15) is 30.8 Å². The van der Waals surface area contributed by atoms with Crippen LogP contribution in [0.2, 0.25) is 0 Å². The molecule has 0 bridgehead atoms. The Morgan fingerprint density at radius 3 is 2.63 bits per heavy atom. The van der Waals surface area contributed by atoms with E-state index in [1.54, 1.807) is 12.3 Å². The second-order valence-electron chi connectivity index (χ2n) is 5.33. The minimum atomic E-state index is -0.0251. The Kier molecular flexibility index (Phi) is 6.77. The highest BCUT2D eigenvalue weighted by molar-refractivity contribution is 5.92. The number of carbonyl (C=O) groups is 1. The molecule has 19 heavy (non-hydrogen) atoms. The molecule has 0 aliphatic carbocycles. The predicted octanol–water partition coefficient (Wildman–Crippen LogP) is 2.12. The van der Waals surface area contributed by atoms with Crippen LogP contribution >= 0.6 is 24.8 Å². The Morgan fingerprint density at radius 1 is 1.42 bits per heavy atom. The van der Waals surface area contributed by atoms with Crippen molar-refractivity contribution in [2.45, 2.75) is 26.3 Å². The van der Waals surface area contributed by atoms with E-state index < -0.39 is 0 Å². The van der Waals surface area contributed by atoms with Crippen LogP contribution in [0.25, 0.3) is 0 Å². The first kappa shape index (κ1) is 18.2. The molecular formula is C13H21Cl2N3O. The molecule has 4 nitrogen and oxygen atoms in total. The summed E-state index contributed by atoms with van der Waals surface area (Å²) >= 11 is 0. The molecule has 0 radical (unpaired) electrons. The van der Waals surface area contributed by atoms with Gasteiger partial charge in [0.15, 0.2) is 0 Å². The summed E-state index contributed by atoms with van der Waals surface area (Å²) in [5.74, 6) is 0.00516. The van der Waals surface area contributed by atoms with Gasteiger partial charge in [-0.3, -0.25) is 9.78 Å². The summed E-state index contributed by atoms with van der Waals surface area (Å²) in [6, 6.07) is 5.56. The molecule has 0 spiro atoms. The monoisotopic (exact) mass is 305 g/mol. The fraction of sp³-hybridized carbons (Fsp3) is 0.538. The zero-order valence-electron chi connectivity index (χ0n) is 11.2. The largest absolute Gasteiger partial charge is 0.337 e. The van der Waals surface area contributed by atoms with Crippen LogP contribution in [0.4, 0.5) is 0 Å². The standard InChI is InChI=1S/C13H19N3O.2ClH/c1-13(2)9-16(8-6-11(13)14)12(17)10-5-3-4-7-15-10;;/h3-5,7,11H,6,8-9,14H2,1-2H3;2*1H. The highest BCUT2D eigenvalue weighted by atomic mass is 35.5.